The third-order valence-electron chi connectivity index (χ3n) is 5.49. The van der Waals surface area contributed by atoms with Crippen LogP contribution >= 0.6 is 39.9 Å². The molecule has 27 heavy (non-hydrogen) atoms. The molecule has 0 bridgehead atoms. The number of carbonyl (C=O) groups excluding carboxylic acids is 1. The summed E-state index contributed by atoms with van der Waals surface area (Å²) >= 11 is 3.70. The van der Waals surface area contributed by atoms with Crippen LogP contribution in [-0.4, -0.2) is 50.1 Å². The number of methoxy groups -OCH3 is 1. The maximum atomic E-state index is 11.7. The highest BCUT2D eigenvalue weighted by atomic mass is 127. The van der Waals surface area contributed by atoms with Gasteiger partial charge < -0.3 is 15.0 Å². The third-order valence-corrected chi connectivity index (χ3v) is 6.19. The minimum Gasteiger partial charge on any atom is -0.469 e. The molecule has 0 unspecified atom stereocenters. The Labute approximate surface area is 187 Å². The number of rotatable bonds is 5. The zero-order valence-corrected chi connectivity index (χ0v) is 20.0. The largest absolute Gasteiger partial charge is 0.469 e. The van der Waals surface area contributed by atoms with Crippen LogP contribution < -0.4 is 5.32 Å². The highest BCUT2D eigenvalue weighted by Gasteiger charge is 2.45. The molecule has 1 aromatic carbocycles. The molecule has 0 amide bonds. The van der Waals surface area contributed by atoms with Gasteiger partial charge in [-0.15, -0.1) is 24.0 Å². The van der Waals surface area contributed by atoms with Crippen LogP contribution in [0, 0.1) is 5.92 Å². The Balaban J connectivity index is 0.00000261. The van der Waals surface area contributed by atoms with E-state index in [2.05, 4.69) is 57.3 Å². The van der Waals surface area contributed by atoms with Crippen LogP contribution in [0.1, 0.15) is 38.2 Å². The van der Waals surface area contributed by atoms with E-state index in [1.165, 1.54) is 30.0 Å². The smallest absolute Gasteiger partial charge is 0.308 e. The standard InChI is InChI=1S/C20H28BrN3O2.HI/c1-3-22-19(24-12-8-15(9-13-24)18(25)26-2)23-14-20(10-11-20)16-6-4-5-7-17(16)21;/h4-7,15H,3,8-14H2,1-2H3,(H,22,23);1H. The molecule has 1 heterocycles. The zero-order chi connectivity index (χ0) is 18.6. The molecule has 1 saturated heterocycles. The number of hydrogen-bond acceptors (Lipinski definition) is 3. The van der Waals surface area contributed by atoms with Gasteiger partial charge >= 0.3 is 5.97 Å². The molecule has 1 aromatic rings. The van der Waals surface area contributed by atoms with Crippen molar-refractivity contribution >= 4 is 51.8 Å². The lowest BCUT2D eigenvalue weighted by Crippen LogP contribution is -2.47. The minimum atomic E-state index is -0.0857. The molecule has 1 aliphatic heterocycles. The van der Waals surface area contributed by atoms with Crippen LogP contribution in [-0.2, 0) is 14.9 Å². The zero-order valence-electron chi connectivity index (χ0n) is 16.0. The summed E-state index contributed by atoms with van der Waals surface area (Å²) in [6, 6.07) is 8.48. The molecule has 0 aromatic heterocycles. The van der Waals surface area contributed by atoms with Gasteiger partial charge in [-0.1, -0.05) is 34.1 Å². The first kappa shape index (κ1) is 22.5. The average Bonchev–Trinajstić information content (AvgIpc) is 3.46. The number of nitrogens with one attached hydrogen (secondary N) is 1. The molecule has 0 atom stereocenters. The topological polar surface area (TPSA) is 53.9 Å². The van der Waals surface area contributed by atoms with Gasteiger partial charge in [0.1, 0.15) is 0 Å². The first-order valence-corrected chi connectivity index (χ1v) is 10.2. The minimum absolute atomic E-state index is 0. The van der Waals surface area contributed by atoms with Gasteiger partial charge in [0.25, 0.3) is 0 Å². The van der Waals surface area contributed by atoms with Crippen molar-refractivity contribution in [3.63, 3.8) is 0 Å². The first-order valence-electron chi connectivity index (χ1n) is 9.46. The van der Waals surface area contributed by atoms with E-state index in [0.29, 0.717) is 0 Å². The Morgan fingerprint density at radius 2 is 2.00 bits per heavy atom. The molecular formula is C20H29BrIN3O2. The van der Waals surface area contributed by atoms with Crippen LogP contribution in [0.4, 0.5) is 0 Å². The lowest BCUT2D eigenvalue weighted by atomic mass is 9.96. The number of esters is 1. The molecule has 0 spiro atoms. The molecule has 5 nitrogen and oxygen atoms in total. The molecule has 150 valence electrons. The van der Waals surface area contributed by atoms with Crippen molar-refractivity contribution in [3.8, 4) is 0 Å². The second-order valence-electron chi connectivity index (χ2n) is 7.21. The number of guanidine groups is 1. The van der Waals surface area contributed by atoms with E-state index in [1.807, 2.05) is 0 Å². The van der Waals surface area contributed by atoms with E-state index < -0.39 is 0 Å². The monoisotopic (exact) mass is 549 g/mol. The Bertz CT molecular complexity index is 671. The van der Waals surface area contributed by atoms with Gasteiger partial charge in [-0.25, -0.2) is 0 Å². The number of piperidine rings is 1. The van der Waals surface area contributed by atoms with E-state index in [4.69, 9.17) is 9.73 Å². The number of hydrogen-bond donors (Lipinski definition) is 1. The molecule has 0 radical (unpaired) electrons. The predicted octanol–water partition coefficient (Wildman–Crippen LogP) is 3.95. The van der Waals surface area contributed by atoms with Gasteiger partial charge in [-0.05, 0) is 44.2 Å². The summed E-state index contributed by atoms with van der Waals surface area (Å²) in [5.41, 5.74) is 1.54. The summed E-state index contributed by atoms with van der Waals surface area (Å²) in [7, 11) is 1.47. The third kappa shape index (κ3) is 5.37. The number of likely N-dealkylation sites (tertiary alicyclic amines) is 1. The molecule has 7 heteroatoms. The number of carbonyl (C=O) groups is 1. The maximum Gasteiger partial charge on any atom is 0.308 e. The predicted molar refractivity (Wildman–Crippen MR) is 123 cm³/mol. The SMILES string of the molecule is CCNC(=NCC1(c2ccccc2Br)CC1)N1CCC(C(=O)OC)CC1.I. The van der Waals surface area contributed by atoms with Crippen LogP contribution in [0.3, 0.4) is 0 Å². The Morgan fingerprint density at radius 3 is 2.56 bits per heavy atom. The second-order valence-corrected chi connectivity index (χ2v) is 8.07. The van der Waals surface area contributed by atoms with E-state index in [-0.39, 0.29) is 41.3 Å². The summed E-state index contributed by atoms with van der Waals surface area (Å²) in [5.74, 6) is 0.903. The Hall–Kier alpha value is -0.830. The number of benzene rings is 1. The highest BCUT2D eigenvalue weighted by molar-refractivity contribution is 14.0. The van der Waals surface area contributed by atoms with Crippen molar-refractivity contribution in [2.75, 3.05) is 33.3 Å². The molecule has 1 saturated carbocycles. The fraction of sp³-hybridized carbons (Fsp3) is 0.600. The highest BCUT2D eigenvalue weighted by Crippen LogP contribution is 2.50. The van der Waals surface area contributed by atoms with E-state index >= 15 is 0 Å². The van der Waals surface area contributed by atoms with Crippen molar-refractivity contribution < 1.29 is 9.53 Å². The summed E-state index contributed by atoms with van der Waals surface area (Å²) in [6.07, 6.45) is 4.02. The number of halogens is 2. The van der Waals surface area contributed by atoms with Crippen molar-refractivity contribution in [2.24, 2.45) is 10.9 Å². The lowest BCUT2D eigenvalue weighted by Gasteiger charge is -2.33. The average molecular weight is 550 g/mol. The van der Waals surface area contributed by atoms with Crippen molar-refractivity contribution in [1.29, 1.82) is 0 Å². The van der Waals surface area contributed by atoms with Crippen LogP contribution in [0.25, 0.3) is 0 Å². The van der Waals surface area contributed by atoms with Crippen molar-refractivity contribution in [3.05, 3.63) is 34.3 Å². The summed E-state index contributed by atoms with van der Waals surface area (Å²) in [6.45, 7) is 5.42. The van der Waals surface area contributed by atoms with Gasteiger partial charge in [-0.3, -0.25) is 9.79 Å². The molecule has 1 aliphatic carbocycles. The molecule has 2 fully saturated rings. The van der Waals surface area contributed by atoms with E-state index in [1.54, 1.807) is 0 Å². The van der Waals surface area contributed by atoms with Crippen molar-refractivity contribution in [1.82, 2.24) is 10.2 Å². The fourth-order valence-corrected chi connectivity index (χ4v) is 4.41. The number of aliphatic imine (C=N–C) groups is 1. The van der Waals surface area contributed by atoms with Crippen LogP contribution in [0.15, 0.2) is 33.7 Å². The quantitative estimate of drug-likeness (QED) is 0.261. The van der Waals surface area contributed by atoms with E-state index in [0.717, 1.165) is 45.0 Å². The van der Waals surface area contributed by atoms with Gasteiger partial charge in [0.2, 0.25) is 0 Å². The Morgan fingerprint density at radius 1 is 1.33 bits per heavy atom. The van der Waals surface area contributed by atoms with Gasteiger partial charge in [0.15, 0.2) is 5.96 Å². The summed E-state index contributed by atoms with van der Waals surface area (Å²) in [5, 5.41) is 3.42. The number of nitrogens with zero attached hydrogens (tertiary/aromatic N) is 2. The van der Waals surface area contributed by atoms with Crippen molar-refractivity contribution in [2.45, 2.75) is 38.0 Å². The lowest BCUT2D eigenvalue weighted by molar-refractivity contribution is -0.146. The molecular weight excluding hydrogens is 521 g/mol. The second kappa shape index (κ2) is 10.1. The normalized spacial score (nSPS) is 19.2. The van der Waals surface area contributed by atoms with Crippen LogP contribution in [0.5, 0.6) is 0 Å². The summed E-state index contributed by atoms with van der Waals surface area (Å²) < 4.78 is 6.06. The van der Waals surface area contributed by atoms with Gasteiger partial charge in [0.05, 0.1) is 19.6 Å². The van der Waals surface area contributed by atoms with Gasteiger partial charge in [-0.2, -0.15) is 0 Å². The first-order chi connectivity index (χ1) is 12.6. The van der Waals surface area contributed by atoms with E-state index in [9.17, 15) is 4.79 Å². The molecule has 2 aliphatic rings. The Kier molecular flexibility index (Phi) is 8.39. The molecule has 1 N–H and O–H groups in total. The summed E-state index contributed by atoms with van der Waals surface area (Å²) in [4.78, 5) is 19.0. The molecule has 3 rings (SSSR count). The maximum absolute atomic E-state index is 11.7. The number of ether oxygens (including phenoxy) is 1. The van der Waals surface area contributed by atoms with Gasteiger partial charge in [0, 0.05) is 29.5 Å². The van der Waals surface area contributed by atoms with Crippen LogP contribution in [0.2, 0.25) is 0 Å². The fourth-order valence-electron chi connectivity index (χ4n) is 3.70.